The largest absolute Gasteiger partial charge is 0.450 e. The van der Waals surface area contributed by atoms with E-state index in [0.29, 0.717) is 10.6 Å². The molecule has 2 N–H and O–H groups in total. The molecule has 0 unspecified atom stereocenters. The fraction of sp³-hybridized carbons (Fsp3) is 0.125. The zero-order chi connectivity index (χ0) is 17.8. The maximum Gasteiger partial charge on any atom is 0.414 e. The molecule has 128 valence electrons. The van der Waals surface area contributed by atoms with Crippen LogP contribution in [0, 0.1) is 0 Å². The number of ether oxygens (including phenoxy) is 1. The third kappa shape index (κ3) is 3.66. The van der Waals surface area contributed by atoms with Crippen LogP contribution < -0.4 is 10.6 Å². The molecule has 3 aromatic heterocycles. The summed E-state index contributed by atoms with van der Waals surface area (Å²) in [5, 5.41) is 6.78. The average molecular weight is 358 g/mol. The second kappa shape index (κ2) is 7.14. The highest BCUT2D eigenvalue weighted by atomic mass is 32.1. The first kappa shape index (κ1) is 16.7. The van der Waals surface area contributed by atoms with Gasteiger partial charge in [-0.25, -0.2) is 9.78 Å². The summed E-state index contributed by atoms with van der Waals surface area (Å²) >= 11 is 1.18. The lowest BCUT2D eigenvalue weighted by Gasteiger charge is -2.07. The molecule has 0 spiro atoms. The third-order valence-electron chi connectivity index (χ3n) is 3.28. The van der Waals surface area contributed by atoms with E-state index in [-0.39, 0.29) is 18.1 Å². The average Bonchev–Trinajstić information content (AvgIpc) is 3.22. The second-order valence-electron chi connectivity index (χ2n) is 4.90. The molecule has 3 amide bonds. The van der Waals surface area contributed by atoms with Gasteiger partial charge in [-0.3, -0.25) is 14.9 Å². The molecule has 3 heterocycles. The van der Waals surface area contributed by atoms with E-state index in [1.165, 1.54) is 17.4 Å². The number of imide groups is 1. The first-order chi connectivity index (χ1) is 12.1. The maximum atomic E-state index is 12.4. The van der Waals surface area contributed by atoms with Crippen LogP contribution in [0.15, 0.2) is 42.2 Å². The molecule has 3 rings (SSSR count). The van der Waals surface area contributed by atoms with E-state index in [9.17, 15) is 14.4 Å². The molecular formula is C16H14N4O4S. The number of anilines is 1. The summed E-state index contributed by atoms with van der Waals surface area (Å²) in [5.41, 5.74) is 1.33. The van der Waals surface area contributed by atoms with Gasteiger partial charge in [0.1, 0.15) is 10.6 Å². The van der Waals surface area contributed by atoms with Gasteiger partial charge in [0.2, 0.25) is 0 Å². The molecular weight excluding hydrogens is 344 g/mol. The Morgan fingerprint density at radius 2 is 2.08 bits per heavy atom. The highest BCUT2D eigenvalue weighted by molar-refractivity contribution is 7.14. The molecule has 0 saturated carbocycles. The quantitative estimate of drug-likeness (QED) is 0.746. The summed E-state index contributed by atoms with van der Waals surface area (Å²) in [7, 11) is 0. The van der Waals surface area contributed by atoms with Gasteiger partial charge in [-0.2, -0.15) is 0 Å². The Hall–Kier alpha value is -3.20. The zero-order valence-corrected chi connectivity index (χ0v) is 14.0. The van der Waals surface area contributed by atoms with E-state index in [1.54, 1.807) is 47.4 Å². The van der Waals surface area contributed by atoms with Crippen molar-refractivity contribution >= 4 is 39.9 Å². The van der Waals surface area contributed by atoms with Crippen LogP contribution in [0.2, 0.25) is 0 Å². The molecule has 0 bridgehead atoms. The van der Waals surface area contributed by atoms with E-state index in [4.69, 9.17) is 0 Å². The summed E-state index contributed by atoms with van der Waals surface area (Å²) in [4.78, 5) is 40.0. The molecule has 0 atom stereocenters. The number of hydrogen-bond acceptors (Lipinski definition) is 6. The highest BCUT2D eigenvalue weighted by Crippen LogP contribution is 2.24. The van der Waals surface area contributed by atoms with Crippen molar-refractivity contribution in [2.24, 2.45) is 0 Å². The number of aromatic nitrogens is 2. The molecule has 0 aliphatic carbocycles. The molecule has 8 nitrogen and oxygen atoms in total. The number of thiophene rings is 1. The lowest BCUT2D eigenvalue weighted by atomic mass is 10.2. The fourth-order valence-electron chi connectivity index (χ4n) is 2.14. The number of carbonyl (C=O) groups is 3. The summed E-state index contributed by atoms with van der Waals surface area (Å²) < 4.78 is 6.39. The molecule has 25 heavy (non-hydrogen) atoms. The van der Waals surface area contributed by atoms with Gasteiger partial charge in [-0.1, -0.05) is 0 Å². The van der Waals surface area contributed by atoms with Crippen LogP contribution in [0.4, 0.5) is 9.80 Å². The standard InChI is InChI=1S/C16H14N4O4S/c1-2-24-16(23)19-14(22)11-5-8-25-15(11)18-13(21)10-3-4-12-17-6-7-20(12)9-10/h3-9H,2H2,1H3,(H,18,21)(H,19,22,23). The van der Waals surface area contributed by atoms with Crippen LogP contribution in [-0.4, -0.2) is 33.9 Å². The monoisotopic (exact) mass is 358 g/mol. The Morgan fingerprint density at radius 3 is 2.88 bits per heavy atom. The Balaban J connectivity index is 1.74. The molecule has 0 aliphatic heterocycles. The van der Waals surface area contributed by atoms with E-state index in [1.807, 2.05) is 0 Å². The number of pyridine rings is 1. The number of rotatable bonds is 4. The van der Waals surface area contributed by atoms with Crippen molar-refractivity contribution in [1.82, 2.24) is 14.7 Å². The lowest BCUT2D eigenvalue weighted by Crippen LogP contribution is -2.31. The van der Waals surface area contributed by atoms with Gasteiger partial charge < -0.3 is 14.5 Å². The Bertz CT molecular complexity index is 946. The normalized spacial score (nSPS) is 10.4. The molecule has 0 aliphatic rings. The summed E-state index contributed by atoms with van der Waals surface area (Å²) in [6, 6.07) is 4.88. The van der Waals surface area contributed by atoms with Crippen molar-refractivity contribution in [3.63, 3.8) is 0 Å². The summed E-state index contributed by atoms with van der Waals surface area (Å²) in [6.45, 7) is 1.79. The van der Waals surface area contributed by atoms with E-state index >= 15 is 0 Å². The van der Waals surface area contributed by atoms with Crippen molar-refractivity contribution in [1.29, 1.82) is 0 Å². The van der Waals surface area contributed by atoms with Gasteiger partial charge in [-0.15, -0.1) is 11.3 Å². The number of fused-ring (bicyclic) bond motifs is 1. The molecule has 0 radical (unpaired) electrons. The van der Waals surface area contributed by atoms with Gasteiger partial charge in [-0.05, 0) is 30.5 Å². The summed E-state index contributed by atoms with van der Waals surface area (Å²) in [5.74, 6) is -1.01. The second-order valence-corrected chi connectivity index (χ2v) is 5.82. The van der Waals surface area contributed by atoms with Gasteiger partial charge >= 0.3 is 6.09 Å². The predicted molar refractivity (Wildman–Crippen MR) is 92.0 cm³/mol. The first-order valence-corrected chi connectivity index (χ1v) is 8.26. The van der Waals surface area contributed by atoms with Crippen LogP contribution >= 0.6 is 11.3 Å². The SMILES string of the molecule is CCOC(=O)NC(=O)c1ccsc1NC(=O)c1ccc2nccn2c1. The number of carbonyl (C=O) groups excluding carboxylic acids is 3. The maximum absolute atomic E-state index is 12.4. The molecule has 0 fully saturated rings. The number of nitrogens with one attached hydrogen (secondary N) is 2. The predicted octanol–water partition coefficient (Wildman–Crippen LogP) is 2.53. The molecule has 0 saturated heterocycles. The molecule has 0 aromatic carbocycles. The van der Waals surface area contributed by atoms with Crippen molar-refractivity contribution in [2.45, 2.75) is 6.92 Å². The van der Waals surface area contributed by atoms with Crippen LogP contribution in [0.5, 0.6) is 0 Å². The molecule has 3 aromatic rings. The van der Waals surface area contributed by atoms with Gasteiger partial charge in [0.25, 0.3) is 11.8 Å². The van der Waals surface area contributed by atoms with Gasteiger partial charge in [0.05, 0.1) is 17.7 Å². The van der Waals surface area contributed by atoms with Crippen molar-refractivity contribution in [2.75, 3.05) is 11.9 Å². The van der Waals surface area contributed by atoms with Gasteiger partial charge in [0.15, 0.2) is 0 Å². The van der Waals surface area contributed by atoms with Crippen LogP contribution in [-0.2, 0) is 4.74 Å². The number of nitrogens with zero attached hydrogens (tertiary/aromatic N) is 2. The summed E-state index contributed by atoms with van der Waals surface area (Å²) in [6.07, 6.45) is 4.18. The van der Waals surface area contributed by atoms with Crippen molar-refractivity contribution in [3.8, 4) is 0 Å². The van der Waals surface area contributed by atoms with Crippen LogP contribution in [0.1, 0.15) is 27.6 Å². The number of amides is 3. The van der Waals surface area contributed by atoms with Crippen LogP contribution in [0.3, 0.4) is 0 Å². The minimum Gasteiger partial charge on any atom is -0.450 e. The van der Waals surface area contributed by atoms with Gasteiger partial charge in [0, 0.05) is 18.6 Å². The first-order valence-electron chi connectivity index (χ1n) is 7.38. The topological polar surface area (TPSA) is 102 Å². The number of imidazole rings is 1. The number of hydrogen-bond donors (Lipinski definition) is 2. The van der Waals surface area contributed by atoms with Crippen LogP contribution in [0.25, 0.3) is 5.65 Å². The Morgan fingerprint density at radius 1 is 1.24 bits per heavy atom. The lowest BCUT2D eigenvalue weighted by molar-refractivity contribution is 0.0926. The smallest absolute Gasteiger partial charge is 0.414 e. The zero-order valence-electron chi connectivity index (χ0n) is 13.2. The Labute approximate surface area is 146 Å². The minimum absolute atomic E-state index is 0.156. The minimum atomic E-state index is -0.832. The Kier molecular flexibility index (Phi) is 4.75. The van der Waals surface area contributed by atoms with E-state index < -0.39 is 12.0 Å². The van der Waals surface area contributed by atoms with E-state index in [0.717, 1.165) is 5.65 Å². The number of alkyl carbamates (subject to hydrolysis) is 1. The fourth-order valence-corrected chi connectivity index (χ4v) is 2.92. The highest BCUT2D eigenvalue weighted by Gasteiger charge is 2.18. The molecule has 9 heteroatoms. The third-order valence-corrected chi connectivity index (χ3v) is 4.11. The van der Waals surface area contributed by atoms with Crippen molar-refractivity contribution in [3.05, 3.63) is 53.3 Å². The van der Waals surface area contributed by atoms with E-state index in [2.05, 4.69) is 20.4 Å². The van der Waals surface area contributed by atoms with Crippen molar-refractivity contribution < 1.29 is 19.1 Å².